The molecule has 0 spiro atoms. The Morgan fingerprint density at radius 1 is 2.00 bits per heavy atom. The van der Waals surface area contributed by atoms with Crippen molar-refractivity contribution in [3.63, 3.8) is 0 Å². The standard InChI is InChI=1S/C2H5OP/c4-2-1-3-2/h2H,1,4H2. The van der Waals surface area contributed by atoms with E-state index in [0.717, 1.165) is 6.61 Å². The van der Waals surface area contributed by atoms with Gasteiger partial charge in [0.1, 0.15) is 0 Å². The van der Waals surface area contributed by atoms with Gasteiger partial charge in [-0.05, 0) is 0 Å². The summed E-state index contributed by atoms with van der Waals surface area (Å²) in [4.78, 5) is 0. The van der Waals surface area contributed by atoms with Crippen LogP contribution in [0.4, 0.5) is 0 Å². The van der Waals surface area contributed by atoms with Crippen molar-refractivity contribution >= 4 is 9.24 Å². The molecule has 1 nitrogen and oxygen atoms in total. The van der Waals surface area contributed by atoms with Crippen LogP contribution < -0.4 is 0 Å². The van der Waals surface area contributed by atoms with Gasteiger partial charge in [0.05, 0.1) is 12.5 Å². The van der Waals surface area contributed by atoms with Gasteiger partial charge in [0.25, 0.3) is 0 Å². The summed E-state index contributed by atoms with van der Waals surface area (Å²) in [6.07, 6.45) is 0. The van der Waals surface area contributed by atoms with E-state index in [-0.39, 0.29) is 0 Å². The average Bonchev–Trinajstić information content (AvgIpc) is 1.75. The Labute approximate surface area is 27.5 Å². The Hall–Kier alpha value is 0.390. The maximum absolute atomic E-state index is 4.67. The van der Waals surface area contributed by atoms with Crippen LogP contribution in [0.5, 0.6) is 0 Å². The van der Waals surface area contributed by atoms with Crippen LogP contribution >= 0.6 is 9.24 Å². The zero-order chi connectivity index (χ0) is 2.99. The molecule has 1 rings (SSSR count). The van der Waals surface area contributed by atoms with Crippen molar-refractivity contribution in [3.05, 3.63) is 0 Å². The lowest BCUT2D eigenvalue weighted by Crippen LogP contribution is -1.49. The minimum Gasteiger partial charge on any atom is -0.369 e. The molecule has 2 heteroatoms. The Morgan fingerprint density at radius 2 is 2.25 bits per heavy atom. The number of ether oxygens (including phenoxy) is 1. The van der Waals surface area contributed by atoms with E-state index in [1.165, 1.54) is 0 Å². The summed E-state index contributed by atoms with van der Waals surface area (Å²) in [6.45, 7) is 0.949. The summed E-state index contributed by atoms with van der Waals surface area (Å²) in [6, 6.07) is 0. The number of hydrogen-bond acceptors (Lipinski definition) is 1. The fourth-order valence-corrected chi connectivity index (χ4v) is 0.167. The van der Waals surface area contributed by atoms with Gasteiger partial charge in [-0.15, -0.1) is 9.24 Å². The summed E-state index contributed by atoms with van der Waals surface area (Å²) < 4.78 is 4.67. The van der Waals surface area contributed by atoms with Crippen molar-refractivity contribution in [1.82, 2.24) is 0 Å². The second kappa shape index (κ2) is 0.667. The highest BCUT2D eigenvalue weighted by Gasteiger charge is 2.13. The normalized spacial score (nSPS) is 39.8. The van der Waals surface area contributed by atoms with Gasteiger partial charge in [0.2, 0.25) is 0 Å². The molecule has 2 atom stereocenters. The van der Waals surface area contributed by atoms with E-state index in [4.69, 9.17) is 0 Å². The zero-order valence-electron chi connectivity index (χ0n) is 2.27. The number of epoxide rings is 1. The van der Waals surface area contributed by atoms with Crippen molar-refractivity contribution in [1.29, 1.82) is 0 Å². The van der Waals surface area contributed by atoms with Gasteiger partial charge in [-0.25, -0.2) is 0 Å². The van der Waals surface area contributed by atoms with Crippen LogP contribution in [-0.2, 0) is 4.74 Å². The van der Waals surface area contributed by atoms with E-state index in [1.807, 2.05) is 0 Å². The largest absolute Gasteiger partial charge is 0.369 e. The highest BCUT2D eigenvalue weighted by atomic mass is 31.0. The van der Waals surface area contributed by atoms with Gasteiger partial charge in [0, 0.05) is 0 Å². The predicted molar refractivity (Wildman–Crippen MR) is 19.4 cm³/mol. The SMILES string of the molecule is PC1CO1. The van der Waals surface area contributed by atoms with Crippen LogP contribution in [0.1, 0.15) is 0 Å². The first kappa shape index (κ1) is 2.62. The Balaban J connectivity index is 2.17. The molecule has 2 unspecified atom stereocenters. The maximum Gasteiger partial charge on any atom is 0.0942 e. The third-order valence-electron chi connectivity index (χ3n) is 0.359. The summed E-state index contributed by atoms with van der Waals surface area (Å²) in [5.74, 6) is 0.500. The van der Waals surface area contributed by atoms with Gasteiger partial charge in [-0.3, -0.25) is 0 Å². The van der Waals surface area contributed by atoms with Crippen LogP contribution in [0.15, 0.2) is 0 Å². The predicted octanol–water partition coefficient (Wildman–Crippen LogP) is 0.218. The molecule has 1 aliphatic rings. The Morgan fingerprint density at radius 3 is 2.25 bits per heavy atom. The number of hydrogen-bond donors (Lipinski definition) is 0. The van der Waals surface area contributed by atoms with E-state index in [2.05, 4.69) is 14.0 Å². The lowest BCUT2D eigenvalue weighted by atomic mass is 11.0. The molecule has 4 heavy (non-hydrogen) atoms. The molecule has 0 aromatic rings. The molecule has 1 heterocycles. The average molecular weight is 76.0 g/mol. The number of rotatable bonds is 0. The summed E-state index contributed by atoms with van der Waals surface area (Å²) in [5.41, 5.74) is 0. The van der Waals surface area contributed by atoms with Gasteiger partial charge in [-0.1, -0.05) is 0 Å². The summed E-state index contributed by atoms with van der Waals surface area (Å²) >= 11 is 0. The maximum atomic E-state index is 4.67. The van der Waals surface area contributed by atoms with Gasteiger partial charge >= 0.3 is 0 Å². The lowest BCUT2D eigenvalue weighted by molar-refractivity contribution is 0.460. The minimum absolute atomic E-state index is 0.500. The van der Waals surface area contributed by atoms with Crippen LogP contribution in [0, 0.1) is 0 Å². The molecule has 0 radical (unpaired) electrons. The molecule has 1 saturated heterocycles. The fourth-order valence-electron chi connectivity index (χ4n) is 0.0556. The van der Waals surface area contributed by atoms with Gasteiger partial charge < -0.3 is 4.74 Å². The molecule has 0 N–H and O–H groups in total. The first-order valence-corrected chi connectivity index (χ1v) is 1.93. The quantitative estimate of drug-likeness (QED) is 0.297. The molecule has 0 saturated carbocycles. The van der Waals surface area contributed by atoms with E-state index >= 15 is 0 Å². The highest BCUT2D eigenvalue weighted by Crippen LogP contribution is 2.14. The molecule has 0 amide bonds. The lowest BCUT2D eigenvalue weighted by Gasteiger charge is -1.51. The van der Waals surface area contributed by atoms with E-state index in [9.17, 15) is 0 Å². The van der Waals surface area contributed by atoms with Crippen LogP contribution in [0.2, 0.25) is 0 Å². The zero-order valence-corrected chi connectivity index (χ0v) is 3.42. The molecular weight excluding hydrogens is 71.0 g/mol. The molecule has 1 fully saturated rings. The molecule has 0 bridgehead atoms. The summed E-state index contributed by atoms with van der Waals surface area (Å²) in [7, 11) is 2.55. The van der Waals surface area contributed by atoms with Gasteiger partial charge in [0.15, 0.2) is 0 Å². The topological polar surface area (TPSA) is 12.5 Å². The van der Waals surface area contributed by atoms with Crippen LogP contribution in [0.3, 0.4) is 0 Å². The van der Waals surface area contributed by atoms with Crippen molar-refractivity contribution in [2.45, 2.75) is 5.85 Å². The second-order valence-electron chi connectivity index (χ2n) is 0.872. The Kier molecular flexibility index (Phi) is 0.436. The van der Waals surface area contributed by atoms with Crippen molar-refractivity contribution < 1.29 is 4.74 Å². The fraction of sp³-hybridized carbons (Fsp3) is 1.00. The molecule has 0 aromatic heterocycles. The Bertz CT molecular complexity index is 25.2. The van der Waals surface area contributed by atoms with Crippen LogP contribution in [0.25, 0.3) is 0 Å². The van der Waals surface area contributed by atoms with Crippen molar-refractivity contribution in [2.75, 3.05) is 6.61 Å². The monoisotopic (exact) mass is 76.0 g/mol. The van der Waals surface area contributed by atoms with Gasteiger partial charge in [-0.2, -0.15) is 0 Å². The van der Waals surface area contributed by atoms with Crippen LogP contribution in [-0.4, -0.2) is 12.5 Å². The molecular formula is C2H5OP. The first-order valence-electron chi connectivity index (χ1n) is 1.27. The minimum atomic E-state index is 0.500. The van der Waals surface area contributed by atoms with E-state index in [1.54, 1.807) is 0 Å². The first-order chi connectivity index (χ1) is 1.89. The van der Waals surface area contributed by atoms with E-state index in [0.29, 0.717) is 5.85 Å². The third kappa shape index (κ3) is 0.402. The second-order valence-corrected chi connectivity index (χ2v) is 1.62. The molecule has 24 valence electrons. The highest BCUT2D eigenvalue weighted by molar-refractivity contribution is 7.17. The summed E-state index contributed by atoms with van der Waals surface area (Å²) in [5, 5.41) is 0. The smallest absolute Gasteiger partial charge is 0.0942 e. The molecule has 0 aromatic carbocycles. The van der Waals surface area contributed by atoms with Crippen molar-refractivity contribution in [2.24, 2.45) is 0 Å². The molecule has 0 aliphatic carbocycles. The molecule has 1 aliphatic heterocycles. The van der Waals surface area contributed by atoms with E-state index < -0.39 is 0 Å². The third-order valence-corrected chi connectivity index (χ3v) is 0.744. The van der Waals surface area contributed by atoms with Crippen molar-refractivity contribution in [3.8, 4) is 0 Å².